The van der Waals surface area contributed by atoms with Gasteiger partial charge in [-0.3, -0.25) is 0 Å². The number of rotatable bonds is 3. The van der Waals surface area contributed by atoms with Crippen LogP contribution in [0.15, 0.2) is 11.2 Å². The molecule has 0 aliphatic carbocycles. The van der Waals surface area contributed by atoms with Crippen LogP contribution in [0.3, 0.4) is 0 Å². The van der Waals surface area contributed by atoms with Gasteiger partial charge in [0.05, 0.1) is 11.2 Å². The van der Waals surface area contributed by atoms with Crippen molar-refractivity contribution in [3.63, 3.8) is 0 Å². The third-order valence-electron chi connectivity index (χ3n) is 1.97. The van der Waals surface area contributed by atoms with Gasteiger partial charge < -0.3 is 5.73 Å². The van der Waals surface area contributed by atoms with E-state index < -0.39 is 0 Å². The maximum absolute atomic E-state index is 5.94. The summed E-state index contributed by atoms with van der Waals surface area (Å²) in [5.41, 5.74) is 5.49. The van der Waals surface area contributed by atoms with Crippen LogP contribution in [0.25, 0.3) is 0 Å². The first-order valence-electron chi connectivity index (χ1n) is 4.45. The van der Waals surface area contributed by atoms with Crippen molar-refractivity contribution >= 4 is 29.3 Å². The van der Waals surface area contributed by atoms with Crippen molar-refractivity contribution in [1.29, 1.82) is 0 Å². The second kappa shape index (κ2) is 4.84. The molecule has 1 aromatic heterocycles. The van der Waals surface area contributed by atoms with E-state index in [-0.39, 0.29) is 5.95 Å². The molecule has 0 bridgehead atoms. The number of nitrogens with two attached hydrogens (primary N) is 1. The first-order chi connectivity index (χ1) is 6.50. The maximum atomic E-state index is 5.94. The first-order valence-corrected chi connectivity index (χ1v) is 5.71. The lowest BCUT2D eigenvalue weighted by atomic mass is 10.2. The molecule has 3 nitrogen and oxygen atoms in total. The second-order valence-electron chi connectivity index (χ2n) is 3.45. The number of nitrogen functional groups attached to an aromatic ring is 1. The molecule has 1 heterocycles. The number of anilines is 1. The predicted octanol–water partition coefficient (Wildman–Crippen LogP) is 2.85. The van der Waals surface area contributed by atoms with E-state index in [1.165, 1.54) is 0 Å². The number of aromatic nitrogens is 2. The molecule has 0 aromatic carbocycles. The van der Waals surface area contributed by atoms with Crippen LogP contribution in [0.5, 0.6) is 0 Å². The topological polar surface area (TPSA) is 51.8 Å². The van der Waals surface area contributed by atoms with Gasteiger partial charge in [-0.1, -0.05) is 32.4 Å². The first kappa shape index (κ1) is 11.6. The van der Waals surface area contributed by atoms with Crippen LogP contribution in [-0.4, -0.2) is 15.2 Å². The molecule has 0 spiro atoms. The molecule has 0 aliphatic rings. The highest BCUT2D eigenvalue weighted by Gasteiger charge is 2.12. The quantitative estimate of drug-likeness (QED) is 0.642. The molecule has 1 aromatic rings. The zero-order valence-corrected chi connectivity index (χ0v) is 10.1. The summed E-state index contributed by atoms with van der Waals surface area (Å²) in [6.45, 7) is 6.47. The fourth-order valence-corrected chi connectivity index (χ4v) is 1.92. The van der Waals surface area contributed by atoms with Gasteiger partial charge in [0.15, 0.2) is 0 Å². The van der Waals surface area contributed by atoms with Crippen LogP contribution in [-0.2, 0) is 0 Å². The smallest absolute Gasteiger partial charge is 0.221 e. The zero-order chi connectivity index (χ0) is 10.7. The Hall–Kier alpha value is -0.480. The third-order valence-corrected chi connectivity index (χ3v) is 3.81. The number of nitrogens with zero attached hydrogens (tertiary/aromatic N) is 2. The Labute approximate surface area is 93.5 Å². The van der Waals surface area contributed by atoms with Crippen molar-refractivity contribution in [3.05, 3.63) is 11.2 Å². The Morgan fingerprint density at radius 3 is 2.64 bits per heavy atom. The van der Waals surface area contributed by atoms with E-state index in [1.807, 2.05) is 0 Å². The van der Waals surface area contributed by atoms with Crippen molar-refractivity contribution in [3.8, 4) is 0 Å². The highest BCUT2D eigenvalue weighted by Crippen LogP contribution is 2.31. The van der Waals surface area contributed by atoms with Gasteiger partial charge in [0.1, 0.15) is 5.03 Å². The fraction of sp³-hybridized carbons (Fsp3) is 0.556. The summed E-state index contributed by atoms with van der Waals surface area (Å²) >= 11 is 7.57. The van der Waals surface area contributed by atoms with Crippen molar-refractivity contribution in [2.24, 2.45) is 5.92 Å². The number of hydrogen-bond donors (Lipinski definition) is 1. The molecular formula is C9H14ClN3S. The lowest BCUT2D eigenvalue weighted by molar-refractivity contribution is 0.641. The normalized spacial score (nSPS) is 13.2. The van der Waals surface area contributed by atoms with E-state index in [4.69, 9.17) is 17.3 Å². The molecule has 2 N–H and O–H groups in total. The van der Waals surface area contributed by atoms with E-state index in [2.05, 4.69) is 30.7 Å². The minimum absolute atomic E-state index is 0.271. The fourth-order valence-electron chi connectivity index (χ4n) is 0.759. The Bertz CT molecular complexity index is 317. The summed E-state index contributed by atoms with van der Waals surface area (Å²) in [5.74, 6) is 0.847. The van der Waals surface area contributed by atoms with Crippen molar-refractivity contribution in [1.82, 2.24) is 9.97 Å². The lowest BCUT2D eigenvalue weighted by Crippen LogP contribution is -2.06. The lowest BCUT2D eigenvalue weighted by Gasteiger charge is -2.14. The molecule has 78 valence electrons. The van der Waals surface area contributed by atoms with Crippen LogP contribution < -0.4 is 5.73 Å². The summed E-state index contributed by atoms with van der Waals surface area (Å²) in [4.78, 5) is 7.91. The summed E-state index contributed by atoms with van der Waals surface area (Å²) in [7, 11) is 0. The van der Waals surface area contributed by atoms with E-state index in [0.717, 1.165) is 5.03 Å². The van der Waals surface area contributed by atoms with Gasteiger partial charge in [-0.2, -0.15) is 0 Å². The molecule has 0 fully saturated rings. The van der Waals surface area contributed by atoms with E-state index >= 15 is 0 Å². The molecular weight excluding hydrogens is 218 g/mol. The van der Waals surface area contributed by atoms with Gasteiger partial charge >= 0.3 is 0 Å². The molecule has 0 aliphatic heterocycles. The van der Waals surface area contributed by atoms with Crippen LogP contribution in [0.4, 0.5) is 5.95 Å². The number of halogens is 1. The Morgan fingerprint density at radius 1 is 1.43 bits per heavy atom. The second-order valence-corrected chi connectivity index (χ2v) is 5.22. The van der Waals surface area contributed by atoms with Gasteiger partial charge in [-0.05, 0) is 5.92 Å². The standard InChI is InChI=1S/C9H14ClN3S/c1-5(2)6(3)14-8-7(10)4-12-9(11)13-8/h4-6H,1-3H3,(H2,11,12,13). The Morgan fingerprint density at radius 2 is 2.07 bits per heavy atom. The Balaban J connectivity index is 2.80. The molecule has 0 saturated carbocycles. The zero-order valence-electron chi connectivity index (χ0n) is 8.49. The SMILES string of the molecule is CC(C)C(C)Sc1nc(N)ncc1Cl. The van der Waals surface area contributed by atoms with Crippen molar-refractivity contribution < 1.29 is 0 Å². The molecule has 1 unspecified atom stereocenters. The predicted molar refractivity (Wildman–Crippen MR) is 61.6 cm³/mol. The molecule has 0 radical (unpaired) electrons. The summed E-state index contributed by atoms with van der Waals surface area (Å²) < 4.78 is 0. The van der Waals surface area contributed by atoms with Crippen LogP contribution in [0.2, 0.25) is 5.02 Å². The molecule has 0 saturated heterocycles. The minimum Gasteiger partial charge on any atom is -0.368 e. The van der Waals surface area contributed by atoms with Crippen LogP contribution >= 0.6 is 23.4 Å². The van der Waals surface area contributed by atoms with E-state index in [1.54, 1.807) is 18.0 Å². The highest BCUT2D eigenvalue weighted by atomic mass is 35.5. The van der Waals surface area contributed by atoms with Crippen molar-refractivity contribution in [2.45, 2.75) is 31.0 Å². The summed E-state index contributed by atoms with van der Waals surface area (Å²) in [6, 6.07) is 0. The Kier molecular flexibility index (Phi) is 4.01. The number of hydrogen-bond acceptors (Lipinski definition) is 4. The molecule has 0 amide bonds. The van der Waals surface area contributed by atoms with Gasteiger partial charge in [-0.25, -0.2) is 9.97 Å². The van der Waals surface area contributed by atoms with Crippen LogP contribution in [0.1, 0.15) is 20.8 Å². The number of thioether (sulfide) groups is 1. The minimum atomic E-state index is 0.271. The third kappa shape index (κ3) is 3.03. The summed E-state index contributed by atoms with van der Waals surface area (Å²) in [5, 5.41) is 1.79. The van der Waals surface area contributed by atoms with Gasteiger partial charge in [0.2, 0.25) is 5.95 Å². The van der Waals surface area contributed by atoms with E-state index in [0.29, 0.717) is 16.2 Å². The average Bonchev–Trinajstić information content (AvgIpc) is 2.11. The van der Waals surface area contributed by atoms with E-state index in [9.17, 15) is 0 Å². The van der Waals surface area contributed by atoms with Gasteiger partial charge in [0, 0.05) is 5.25 Å². The highest BCUT2D eigenvalue weighted by molar-refractivity contribution is 8.00. The van der Waals surface area contributed by atoms with Gasteiger partial charge in [0.25, 0.3) is 0 Å². The summed E-state index contributed by atoms with van der Waals surface area (Å²) in [6.07, 6.45) is 1.54. The molecule has 1 rings (SSSR count). The maximum Gasteiger partial charge on any atom is 0.221 e. The van der Waals surface area contributed by atoms with Crippen molar-refractivity contribution in [2.75, 3.05) is 5.73 Å². The molecule has 14 heavy (non-hydrogen) atoms. The largest absolute Gasteiger partial charge is 0.368 e. The molecule has 1 atom stereocenters. The van der Waals surface area contributed by atoms with Crippen LogP contribution in [0, 0.1) is 5.92 Å². The molecule has 5 heteroatoms. The average molecular weight is 232 g/mol. The van der Waals surface area contributed by atoms with Gasteiger partial charge in [-0.15, -0.1) is 11.8 Å². The monoisotopic (exact) mass is 231 g/mol.